The first-order valence-electron chi connectivity index (χ1n) is 4.91. The van der Waals surface area contributed by atoms with Crippen LogP contribution in [0.4, 0.5) is 0 Å². The molecule has 0 radical (unpaired) electrons. The minimum atomic E-state index is 0.531. The minimum absolute atomic E-state index is 0.531. The Balaban J connectivity index is 1.75. The van der Waals surface area contributed by atoms with Gasteiger partial charge < -0.3 is 9.84 Å². The minimum Gasteiger partial charge on any atom is -0.353 e. The molecule has 2 rings (SSSR count). The van der Waals surface area contributed by atoms with Crippen molar-refractivity contribution < 1.29 is 4.52 Å². The number of guanidine groups is 1. The number of nitrogens with one attached hydrogen (secondary N) is 2. The van der Waals surface area contributed by atoms with Crippen molar-refractivity contribution in [3.63, 3.8) is 0 Å². The topological polar surface area (TPSA) is 101 Å². The number of aromatic nitrogens is 2. The Bertz CT molecular complexity index is 318. The molecule has 0 spiro atoms. The van der Waals surface area contributed by atoms with Crippen molar-refractivity contribution in [1.82, 2.24) is 20.9 Å². The van der Waals surface area contributed by atoms with Crippen LogP contribution in [-0.2, 0) is 6.42 Å². The van der Waals surface area contributed by atoms with E-state index in [0.29, 0.717) is 30.9 Å². The first kappa shape index (κ1) is 9.91. The van der Waals surface area contributed by atoms with Gasteiger partial charge in [0.05, 0.1) is 6.54 Å². The lowest BCUT2D eigenvalue weighted by Crippen LogP contribution is -2.42. The van der Waals surface area contributed by atoms with Gasteiger partial charge in [-0.1, -0.05) is 5.16 Å². The Labute approximate surface area is 87.1 Å². The second-order valence-electron chi connectivity index (χ2n) is 3.38. The third-order valence-electron chi connectivity index (χ3n) is 2.06. The highest BCUT2D eigenvalue weighted by atomic mass is 16.5. The van der Waals surface area contributed by atoms with Crippen LogP contribution in [0.1, 0.15) is 18.7 Å². The van der Waals surface area contributed by atoms with Crippen molar-refractivity contribution in [1.29, 1.82) is 0 Å². The van der Waals surface area contributed by atoms with Gasteiger partial charge in [0.15, 0.2) is 6.33 Å². The molecule has 4 N–H and O–H groups in total. The van der Waals surface area contributed by atoms with E-state index in [2.05, 4.69) is 25.9 Å². The number of nitrogens with zero attached hydrogens (tertiary/aromatic N) is 3. The van der Waals surface area contributed by atoms with Crippen LogP contribution >= 0.6 is 0 Å². The lowest BCUT2D eigenvalue weighted by molar-refractivity contribution is 0.379. The second kappa shape index (κ2) is 4.74. The smallest absolute Gasteiger partial charge is 0.228 e. The highest BCUT2D eigenvalue weighted by molar-refractivity contribution is 5.79. The summed E-state index contributed by atoms with van der Waals surface area (Å²) in [4.78, 5) is 8.13. The van der Waals surface area contributed by atoms with E-state index in [1.165, 1.54) is 19.2 Å². The summed E-state index contributed by atoms with van der Waals surface area (Å²) >= 11 is 0. The lowest BCUT2D eigenvalue weighted by Gasteiger charge is -2.06. The number of hydrogen-bond donors (Lipinski definition) is 3. The molecule has 0 atom stereocenters. The number of aliphatic imine (C=N–C) groups is 1. The molecule has 1 aliphatic rings. The Morgan fingerprint density at radius 3 is 3.13 bits per heavy atom. The average Bonchev–Trinajstić information content (AvgIpc) is 2.91. The average molecular weight is 210 g/mol. The molecule has 1 heterocycles. The molecule has 15 heavy (non-hydrogen) atoms. The Hall–Kier alpha value is -1.63. The maximum Gasteiger partial charge on any atom is 0.228 e. The predicted molar refractivity (Wildman–Crippen MR) is 53.8 cm³/mol. The van der Waals surface area contributed by atoms with Crippen LogP contribution in [0.3, 0.4) is 0 Å². The quantitative estimate of drug-likeness (QED) is 0.260. The fraction of sp³-hybridized carbons (Fsp3) is 0.625. The van der Waals surface area contributed by atoms with Gasteiger partial charge in [-0.15, -0.1) is 0 Å². The van der Waals surface area contributed by atoms with Gasteiger partial charge in [-0.05, 0) is 12.8 Å². The number of hydrazine groups is 1. The van der Waals surface area contributed by atoms with Gasteiger partial charge in [-0.2, -0.15) is 4.98 Å². The van der Waals surface area contributed by atoms with E-state index >= 15 is 0 Å². The fourth-order valence-corrected chi connectivity index (χ4v) is 1.12. The SMILES string of the molecule is NNC(=NCCc1ncno1)NC1CC1. The van der Waals surface area contributed by atoms with Crippen molar-refractivity contribution >= 4 is 5.96 Å². The number of rotatable bonds is 4. The fourth-order valence-electron chi connectivity index (χ4n) is 1.12. The molecule has 1 aromatic rings. The molecule has 7 heteroatoms. The molecule has 0 aromatic carbocycles. The Morgan fingerprint density at radius 1 is 1.67 bits per heavy atom. The van der Waals surface area contributed by atoms with Gasteiger partial charge >= 0.3 is 0 Å². The monoisotopic (exact) mass is 210 g/mol. The van der Waals surface area contributed by atoms with Gasteiger partial charge in [-0.3, -0.25) is 10.4 Å². The summed E-state index contributed by atoms with van der Waals surface area (Å²) in [5.41, 5.74) is 2.53. The van der Waals surface area contributed by atoms with Crippen LogP contribution in [0, 0.1) is 0 Å². The van der Waals surface area contributed by atoms with E-state index in [4.69, 9.17) is 10.4 Å². The first-order valence-corrected chi connectivity index (χ1v) is 4.91. The van der Waals surface area contributed by atoms with Crippen LogP contribution in [0.25, 0.3) is 0 Å². The molecular weight excluding hydrogens is 196 g/mol. The Morgan fingerprint density at radius 2 is 2.53 bits per heavy atom. The molecule has 1 fully saturated rings. The zero-order chi connectivity index (χ0) is 10.5. The zero-order valence-corrected chi connectivity index (χ0v) is 8.31. The standard InChI is InChI=1S/C8H14N6O/c9-14-8(13-6-1-2-6)10-4-3-7-11-5-12-15-7/h5-6H,1-4,9H2,(H2,10,13,14). The maximum atomic E-state index is 5.31. The van der Waals surface area contributed by atoms with Crippen molar-refractivity contribution in [2.45, 2.75) is 25.3 Å². The predicted octanol–water partition coefficient (Wildman–Crippen LogP) is -0.817. The highest BCUT2D eigenvalue weighted by Crippen LogP contribution is 2.18. The largest absolute Gasteiger partial charge is 0.353 e. The molecule has 1 aromatic heterocycles. The van der Waals surface area contributed by atoms with E-state index in [1.54, 1.807) is 0 Å². The molecule has 0 unspecified atom stereocenters. The summed E-state index contributed by atoms with van der Waals surface area (Å²) in [7, 11) is 0. The third kappa shape index (κ3) is 3.21. The van der Waals surface area contributed by atoms with E-state index in [-0.39, 0.29) is 0 Å². The van der Waals surface area contributed by atoms with Crippen LogP contribution in [0.5, 0.6) is 0 Å². The van der Waals surface area contributed by atoms with Crippen molar-refractivity contribution in [2.24, 2.45) is 10.8 Å². The van der Waals surface area contributed by atoms with Crippen LogP contribution in [0.2, 0.25) is 0 Å². The van der Waals surface area contributed by atoms with E-state index < -0.39 is 0 Å². The van der Waals surface area contributed by atoms with Gasteiger partial charge in [0.1, 0.15) is 0 Å². The first-order chi connectivity index (χ1) is 7.38. The summed E-state index contributed by atoms with van der Waals surface area (Å²) in [6.45, 7) is 0.571. The summed E-state index contributed by atoms with van der Waals surface area (Å²) in [6, 6.07) is 0.531. The Kier molecular flexibility index (Phi) is 3.13. The van der Waals surface area contributed by atoms with Crippen LogP contribution < -0.4 is 16.6 Å². The molecule has 82 valence electrons. The number of nitrogens with two attached hydrogens (primary N) is 1. The summed E-state index contributed by atoms with van der Waals surface area (Å²) in [5.74, 6) is 6.52. The van der Waals surface area contributed by atoms with Crippen LogP contribution in [0.15, 0.2) is 15.8 Å². The molecule has 0 amide bonds. The molecular formula is C8H14N6O. The van der Waals surface area contributed by atoms with Crippen molar-refractivity contribution in [2.75, 3.05) is 6.54 Å². The highest BCUT2D eigenvalue weighted by Gasteiger charge is 2.21. The van der Waals surface area contributed by atoms with Crippen molar-refractivity contribution in [3.8, 4) is 0 Å². The maximum absolute atomic E-state index is 5.31. The van der Waals surface area contributed by atoms with E-state index in [0.717, 1.165) is 0 Å². The summed E-state index contributed by atoms with van der Waals surface area (Å²) in [6.07, 6.45) is 4.37. The molecule has 1 aliphatic carbocycles. The summed E-state index contributed by atoms with van der Waals surface area (Å²) in [5, 5.41) is 6.68. The van der Waals surface area contributed by atoms with E-state index in [1.807, 2.05) is 0 Å². The van der Waals surface area contributed by atoms with Gasteiger partial charge in [-0.25, -0.2) is 5.84 Å². The third-order valence-corrected chi connectivity index (χ3v) is 2.06. The normalized spacial score (nSPS) is 16.5. The number of hydrogen-bond acceptors (Lipinski definition) is 5. The van der Waals surface area contributed by atoms with Crippen molar-refractivity contribution in [3.05, 3.63) is 12.2 Å². The zero-order valence-electron chi connectivity index (χ0n) is 8.31. The molecule has 1 saturated carbocycles. The lowest BCUT2D eigenvalue weighted by atomic mass is 10.4. The molecule has 7 nitrogen and oxygen atoms in total. The van der Waals surface area contributed by atoms with Gasteiger partial charge in [0.2, 0.25) is 11.9 Å². The molecule has 0 bridgehead atoms. The molecule has 0 aliphatic heterocycles. The molecule has 0 saturated heterocycles. The summed E-state index contributed by atoms with van der Waals surface area (Å²) < 4.78 is 4.84. The van der Waals surface area contributed by atoms with E-state index in [9.17, 15) is 0 Å². The van der Waals surface area contributed by atoms with Crippen LogP contribution in [-0.4, -0.2) is 28.7 Å². The second-order valence-corrected chi connectivity index (χ2v) is 3.38. The van der Waals surface area contributed by atoms with Gasteiger partial charge in [0.25, 0.3) is 0 Å². The van der Waals surface area contributed by atoms with Gasteiger partial charge in [0, 0.05) is 12.5 Å².